The molecule has 0 aromatic heterocycles. The summed E-state index contributed by atoms with van der Waals surface area (Å²) in [5, 5.41) is 8.48. The van der Waals surface area contributed by atoms with Gasteiger partial charge in [0.2, 0.25) is 0 Å². The van der Waals surface area contributed by atoms with Gasteiger partial charge in [-0.3, -0.25) is 0 Å². The molecule has 15 heavy (non-hydrogen) atoms. The van der Waals surface area contributed by atoms with Crippen LogP contribution in [-0.4, -0.2) is 21.0 Å². The van der Waals surface area contributed by atoms with E-state index in [0.29, 0.717) is 12.1 Å². The van der Waals surface area contributed by atoms with Crippen LogP contribution >= 0.6 is 0 Å². The lowest BCUT2D eigenvalue weighted by atomic mass is 10.2. The number of alkyl halides is 2. The van der Waals surface area contributed by atoms with Gasteiger partial charge in [-0.15, -0.1) is 0 Å². The van der Waals surface area contributed by atoms with Crippen LogP contribution in [0.5, 0.6) is 0 Å². The number of rotatable bonds is 3. The number of benzene rings is 1. The van der Waals surface area contributed by atoms with E-state index in [9.17, 15) is 22.2 Å². The Morgan fingerprint density at radius 2 is 2.00 bits per heavy atom. The van der Waals surface area contributed by atoms with Crippen molar-refractivity contribution in [3.63, 3.8) is 0 Å². The molecule has 3 nitrogen and oxygen atoms in total. The quantitative estimate of drug-likeness (QED) is 0.874. The largest absolute Gasteiger partial charge is 0.478 e. The maximum Gasteiger partial charge on any atom is 0.338 e. The van der Waals surface area contributed by atoms with E-state index >= 15 is 0 Å². The molecule has 0 spiro atoms. The first-order chi connectivity index (χ1) is 6.93. The molecule has 0 aliphatic rings. The molecular formula is C8H5F3O3S. The van der Waals surface area contributed by atoms with Gasteiger partial charge in [-0.1, -0.05) is 0 Å². The fraction of sp³-hybridized carbons (Fsp3) is 0.125. The second kappa shape index (κ2) is 4.43. The molecule has 1 unspecified atom stereocenters. The summed E-state index contributed by atoms with van der Waals surface area (Å²) in [7, 11) is -2.63. The van der Waals surface area contributed by atoms with E-state index < -0.39 is 38.8 Å². The topological polar surface area (TPSA) is 54.4 Å². The Labute approximate surface area is 85.0 Å². The van der Waals surface area contributed by atoms with E-state index in [1.54, 1.807) is 0 Å². The molecular weight excluding hydrogens is 233 g/mol. The monoisotopic (exact) mass is 238 g/mol. The summed E-state index contributed by atoms with van der Waals surface area (Å²) in [5.41, 5.74) is -0.776. The van der Waals surface area contributed by atoms with Gasteiger partial charge < -0.3 is 5.11 Å². The minimum atomic E-state index is -3.13. The SMILES string of the molecule is O=C(O)c1cc(S(=O)C(F)F)ccc1F. The maximum atomic E-state index is 12.8. The van der Waals surface area contributed by atoms with Gasteiger partial charge in [0.25, 0.3) is 0 Å². The molecule has 0 amide bonds. The van der Waals surface area contributed by atoms with Gasteiger partial charge in [-0.25, -0.2) is 13.4 Å². The van der Waals surface area contributed by atoms with Crippen LogP contribution in [0.15, 0.2) is 23.1 Å². The average molecular weight is 238 g/mol. The molecule has 1 aromatic rings. The Balaban J connectivity index is 3.19. The number of aromatic carboxylic acids is 1. The van der Waals surface area contributed by atoms with E-state index in [-0.39, 0.29) is 0 Å². The number of hydrogen-bond acceptors (Lipinski definition) is 2. The molecule has 0 radical (unpaired) electrons. The van der Waals surface area contributed by atoms with Crippen molar-refractivity contribution >= 4 is 16.8 Å². The molecule has 1 atom stereocenters. The Hall–Kier alpha value is -1.37. The first-order valence-corrected chi connectivity index (χ1v) is 4.86. The van der Waals surface area contributed by atoms with E-state index in [0.717, 1.165) is 6.07 Å². The van der Waals surface area contributed by atoms with Crippen LogP contribution in [0.2, 0.25) is 0 Å². The minimum absolute atomic E-state index is 0.413. The van der Waals surface area contributed by atoms with E-state index in [1.165, 1.54) is 0 Å². The number of carboxylic acid groups (broad SMARTS) is 1. The minimum Gasteiger partial charge on any atom is -0.478 e. The van der Waals surface area contributed by atoms with Crippen LogP contribution in [0, 0.1) is 5.82 Å². The number of halogens is 3. The summed E-state index contributed by atoms with van der Waals surface area (Å²) >= 11 is 0. The van der Waals surface area contributed by atoms with Crippen molar-refractivity contribution in [2.45, 2.75) is 10.7 Å². The zero-order valence-corrected chi connectivity index (χ0v) is 7.93. The lowest BCUT2D eigenvalue weighted by Crippen LogP contribution is -2.06. The zero-order valence-electron chi connectivity index (χ0n) is 7.12. The molecule has 82 valence electrons. The van der Waals surface area contributed by atoms with Crippen molar-refractivity contribution in [2.24, 2.45) is 0 Å². The summed E-state index contributed by atoms with van der Waals surface area (Å²) < 4.78 is 47.7. The lowest BCUT2D eigenvalue weighted by molar-refractivity contribution is 0.0691. The molecule has 0 aliphatic carbocycles. The van der Waals surface area contributed by atoms with Crippen LogP contribution in [0.3, 0.4) is 0 Å². The molecule has 0 fully saturated rings. The van der Waals surface area contributed by atoms with Crippen molar-refractivity contribution in [2.75, 3.05) is 0 Å². The predicted octanol–water partition coefficient (Wildman–Crippen LogP) is 1.85. The molecule has 0 heterocycles. The zero-order chi connectivity index (χ0) is 11.6. The molecule has 0 saturated heterocycles. The Morgan fingerprint density at radius 3 is 2.47 bits per heavy atom. The van der Waals surface area contributed by atoms with Gasteiger partial charge in [0.05, 0.1) is 5.56 Å². The standard InChI is InChI=1S/C8H5F3O3S/c9-6-2-1-4(15(14)8(10)11)3-5(6)7(12)13/h1-3,8H,(H,12,13). The summed E-state index contributed by atoms with van der Waals surface area (Å²) in [6.45, 7) is 0. The van der Waals surface area contributed by atoms with Crippen molar-refractivity contribution in [1.29, 1.82) is 0 Å². The third-order valence-electron chi connectivity index (χ3n) is 1.56. The molecule has 1 rings (SSSR count). The van der Waals surface area contributed by atoms with Crippen LogP contribution in [0.25, 0.3) is 0 Å². The first kappa shape index (κ1) is 11.7. The molecule has 0 aliphatic heterocycles. The van der Waals surface area contributed by atoms with Gasteiger partial charge in [-0.05, 0) is 18.2 Å². The fourth-order valence-corrected chi connectivity index (χ4v) is 1.54. The average Bonchev–Trinajstić information content (AvgIpc) is 2.16. The molecule has 0 saturated carbocycles. The number of carboxylic acids is 1. The molecule has 0 bridgehead atoms. The van der Waals surface area contributed by atoms with Gasteiger partial charge in [0.15, 0.2) is 0 Å². The highest BCUT2D eigenvalue weighted by Gasteiger charge is 2.19. The summed E-state index contributed by atoms with van der Waals surface area (Å²) in [5.74, 6) is -5.78. The lowest BCUT2D eigenvalue weighted by Gasteiger charge is -2.02. The van der Waals surface area contributed by atoms with Crippen LogP contribution in [0.1, 0.15) is 10.4 Å². The van der Waals surface area contributed by atoms with Crippen LogP contribution in [0.4, 0.5) is 13.2 Å². The molecule has 7 heteroatoms. The maximum absolute atomic E-state index is 12.8. The van der Waals surface area contributed by atoms with Gasteiger partial charge in [-0.2, -0.15) is 8.78 Å². The van der Waals surface area contributed by atoms with Crippen molar-refractivity contribution in [3.05, 3.63) is 29.6 Å². The van der Waals surface area contributed by atoms with Crippen molar-refractivity contribution < 1.29 is 27.3 Å². The molecule has 1 N–H and O–H groups in total. The summed E-state index contributed by atoms with van der Waals surface area (Å²) in [6.07, 6.45) is 0. The van der Waals surface area contributed by atoms with E-state index in [1.807, 2.05) is 0 Å². The Morgan fingerprint density at radius 1 is 1.40 bits per heavy atom. The van der Waals surface area contributed by atoms with Gasteiger partial charge >= 0.3 is 11.7 Å². The normalized spacial score (nSPS) is 12.8. The van der Waals surface area contributed by atoms with Gasteiger partial charge in [0.1, 0.15) is 16.6 Å². The number of hydrogen-bond donors (Lipinski definition) is 1. The second-order valence-electron chi connectivity index (χ2n) is 2.50. The first-order valence-electron chi connectivity index (χ1n) is 3.65. The third kappa shape index (κ3) is 2.56. The Kier molecular flexibility index (Phi) is 3.46. The highest BCUT2D eigenvalue weighted by atomic mass is 32.2. The van der Waals surface area contributed by atoms with E-state index in [4.69, 9.17) is 5.11 Å². The molecule has 1 aromatic carbocycles. The van der Waals surface area contributed by atoms with Crippen molar-refractivity contribution in [1.82, 2.24) is 0 Å². The Bertz CT molecular complexity index is 420. The van der Waals surface area contributed by atoms with Crippen LogP contribution in [-0.2, 0) is 10.8 Å². The highest BCUT2D eigenvalue weighted by Crippen LogP contribution is 2.17. The fourth-order valence-electron chi connectivity index (χ4n) is 0.896. The second-order valence-corrected chi connectivity index (χ2v) is 3.93. The summed E-state index contributed by atoms with van der Waals surface area (Å²) in [6, 6.07) is 2.20. The van der Waals surface area contributed by atoms with Crippen LogP contribution < -0.4 is 0 Å². The van der Waals surface area contributed by atoms with Crippen molar-refractivity contribution in [3.8, 4) is 0 Å². The smallest absolute Gasteiger partial charge is 0.338 e. The number of carbonyl (C=O) groups is 1. The van der Waals surface area contributed by atoms with E-state index in [2.05, 4.69) is 0 Å². The van der Waals surface area contributed by atoms with Gasteiger partial charge in [0, 0.05) is 4.90 Å². The third-order valence-corrected chi connectivity index (χ3v) is 2.60. The summed E-state index contributed by atoms with van der Waals surface area (Å²) in [4.78, 5) is 10.0. The predicted molar refractivity (Wildman–Crippen MR) is 45.8 cm³/mol. The highest BCUT2D eigenvalue weighted by molar-refractivity contribution is 7.85.